The van der Waals surface area contributed by atoms with E-state index < -0.39 is 0 Å². The van der Waals surface area contributed by atoms with E-state index in [1.165, 1.54) is 22.3 Å². The van der Waals surface area contributed by atoms with Crippen molar-refractivity contribution in [1.29, 1.82) is 0 Å². The molecule has 2 unspecified atom stereocenters. The molecule has 2 atom stereocenters. The molecule has 2 N–H and O–H groups in total. The molecule has 1 saturated heterocycles. The minimum atomic E-state index is 0.130. The van der Waals surface area contributed by atoms with Crippen LogP contribution in [0.5, 0.6) is 0 Å². The van der Waals surface area contributed by atoms with Gasteiger partial charge < -0.3 is 10.5 Å². The summed E-state index contributed by atoms with van der Waals surface area (Å²) in [7, 11) is 0. The van der Waals surface area contributed by atoms with Crippen LogP contribution in [0.2, 0.25) is 0 Å². The molecule has 2 nitrogen and oxygen atoms in total. The molecule has 18 heavy (non-hydrogen) atoms. The van der Waals surface area contributed by atoms with E-state index in [0.717, 1.165) is 19.4 Å². The highest BCUT2D eigenvalue weighted by Gasteiger charge is 2.40. The number of benzene rings is 1. The van der Waals surface area contributed by atoms with E-state index in [1.54, 1.807) is 0 Å². The van der Waals surface area contributed by atoms with Gasteiger partial charge in [-0.05, 0) is 57.2 Å². The van der Waals surface area contributed by atoms with Gasteiger partial charge in [0.05, 0.1) is 6.10 Å². The number of nitrogens with two attached hydrogens (primary N) is 1. The van der Waals surface area contributed by atoms with Gasteiger partial charge in [-0.1, -0.05) is 17.7 Å². The molecule has 1 aliphatic heterocycles. The molecule has 1 heterocycles. The minimum absolute atomic E-state index is 0.130. The van der Waals surface area contributed by atoms with Crippen LogP contribution in [0.15, 0.2) is 12.1 Å². The Morgan fingerprint density at radius 2 is 1.89 bits per heavy atom. The molecule has 0 saturated carbocycles. The van der Waals surface area contributed by atoms with Crippen molar-refractivity contribution in [3.63, 3.8) is 0 Å². The third kappa shape index (κ3) is 2.32. The maximum atomic E-state index is 6.06. The molecule has 1 aliphatic rings. The van der Waals surface area contributed by atoms with E-state index in [2.05, 4.69) is 39.8 Å². The predicted octanol–water partition coefficient (Wildman–Crippen LogP) is 2.91. The molecule has 2 heteroatoms. The maximum absolute atomic E-state index is 6.06. The van der Waals surface area contributed by atoms with Crippen LogP contribution in [-0.2, 0) is 11.2 Å². The van der Waals surface area contributed by atoms with Crippen LogP contribution in [0, 0.1) is 26.2 Å². The van der Waals surface area contributed by atoms with Gasteiger partial charge in [-0.25, -0.2) is 0 Å². The van der Waals surface area contributed by atoms with Gasteiger partial charge in [0.25, 0.3) is 0 Å². The average molecular weight is 247 g/mol. The third-order valence-corrected chi connectivity index (χ3v) is 4.61. The number of aryl methyl sites for hydroxylation is 3. The lowest BCUT2D eigenvalue weighted by atomic mass is 9.74. The predicted molar refractivity (Wildman–Crippen MR) is 75.9 cm³/mol. The summed E-state index contributed by atoms with van der Waals surface area (Å²) in [5.74, 6) is 0. The van der Waals surface area contributed by atoms with Crippen LogP contribution in [0.4, 0.5) is 0 Å². The van der Waals surface area contributed by atoms with Crippen molar-refractivity contribution in [2.45, 2.75) is 46.6 Å². The Labute approximate surface area is 111 Å². The summed E-state index contributed by atoms with van der Waals surface area (Å²) in [6.45, 7) is 10.3. The zero-order valence-electron chi connectivity index (χ0n) is 12.0. The molecule has 0 amide bonds. The Morgan fingerprint density at radius 3 is 2.33 bits per heavy atom. The Balaban J connectivity index is 2.33. The van der Waals surface area contributed by atoms with Gasteiger partial charge >= 0.3 is 0 Å². The first-order valence-corrected chi connectivity index (χ1v) is 6.87. The minimum Gasteiger partial charge on any atom is -0.378 e. The highest BCUT2D eigenvalue weighted by atomic mass is 16.5. The van der Waals surface area contributed by atoms with Crippen LogP contribution in [0.1, 0.15) is 35.6 Å². The quantitative estimate of drug-likeness (QED) is 0.891. The summed E-state index contributed by atoms with van der Waals surface area (Å²) in [5.41, 5.74) is 11.8. The lowest BCUT2D eigenvalue weighted by molar-refractivity contribution is 0.0672. The highest BCUT2D eigenvalue weighted by molar-refractivity contribution is 5.38. The first-order valence-electron chi connectivity index (χ1n) is 6.87. The molecular weight excluding hydrogens is 222 g/mol. The normalized spacial score (nSPS) is 27.7. The van der Waals surface area contributed by atoms with Crippen LogP contribution in [0.25, 0.3) is 0 Å². The van der Waals surface area contributed by atoms with Gasteiger partial charge in [0.2, 0.25) is 0 Å². The second-order valence-electron chi connectivity index (χ2n) is 5.88. The first kappa shape index (κ1) is 13.6. The van der Waals surface area contributed by atoms with Crippen LogP contribution >= 0.6 is 0 Å². The standard InChI is InChI=1S/C16H25NO/c1-11-7-12(2)15(13(3)8-11)9-16(10-17)5-6-18-14(16)4/h7-8,14H,5-6,9-10,17H2,1-4H3. The van der Waals surface area contributed by atoms with E-state index in [4.69, 9.17) is 10.5 Å². The van der Waals surface area contributed by atoms with Gasteiger partial charge in [-0.2, -0.15) is 0 Å². The molecule has 1 aromatic carbocycles. The Bertz CT molecular complexity index is 418. The fourth-order valence-electron chi connectivity index (χ4n) is 3.23. The number of hydrogen-bond acceptors (Lipinski definition) is 2. The fourth-order valence-corrected chi connectivity index (χ4v) is 3.23. The van der Waals surface area contributed by atoms with Gasteiger partial charge in [-0.3, -0.25) is 0 Å². The lowest BCUT2D eigenvalue weighted by Crippen LogP contribution is -2.39. The van der Waals surface area contributed by atoms with Crippen molar-refractivity contribution >= 4 is 0 Å². The summed E-state index contributed by atoms with van der Waals surface area (Å²) in [6, 6.07) is 4.54. The molecule has 0 radical (unpaired) electrons. The average Bonchev–Trinajstić information content (AvgIpc) is 2.66. The number of ether oxygens (including phenoxy) is 1. The molecule has 1 aromatic rings. The second kappa shape index (κ2) is 5.02. The van der Waals surface area contributed by atoms with Crippen LogP contribution in [0.3, 0.4) is 0 Å². The van der Waals surface area contributed by atoms with Gasteiger partial charge in [0.15, 0.2) is 0 Å². The molecule has 0 aliphatic carbocycles. The molecular formula is C16H25NO. The monoisotopic (exact) mass is 247 g/mol. The Kier molecular flexibility index (Phi) is 3.79. The summed E-state index contributed by atoms with van der Waals surface area (Å²) in [6.07, 6.45) is 2.39. The molecule has 2 rings (SSSR count). The summed E-state index contributed by atoms with van der Waals surface area (Å²) in [5, 5.41) is 0. The summed E-state index contributed by atoms with van der Waals surface area (Å²) in [4.78, 5) is 0. The topological polar surface area (TPSA) is 35.2 Å². The fraction of sp³-hybridized carbons (Fsp3) is 0.625. The van der Waals surface area contributed by atoms with Crippen LogP contribution < -0.4 is 5.73 Å². The SMILES string of the molecule is Cc1cc(C)c(CC2(CN)CCOC2C)c(C)c1. The van der Waals surface area contributed by atoms with Gasteiger partial charge in [-0.15, -0.1) is 0 Å². The van der Waals surface area contributed by atoms with E-state index >= 15 is 0 Å². The van der Waals surface area contributed by atoms with Gasteiger partial charge in [0.1, 0.15) is 0 Å². The molecule has 0 spiro atoms. The van der Waals surface area contributed by atoms with Crippen molar-refractivity contribution in [3.8, 4) is 0 Å². The molecule has 100 valence electrons. The second-order valence-corrected chi connectivity index (χ2v) is 5.88. The largest absolute Gasteiger partial charge is 0.378 e. The molecule has 0 aromatic heterocycles. The number of hydrogen-bond donors (Lipinski definition) is 1. The maximum Gasteiger partial charge on any atom is 0.0619 e. The van der Waals surface area contributed by atoms with E-state index in [-0.39, 0.29) is 11.5 Å². The summed E-state index contributed by atoms with van der Waals surface area (Å²) >= 11 is 0. The van der Waals surface area contributed by atoms with Crippen molar-refractivity contribution in [1.82, 2.24) is 0 Å². The Morgan fingerprint density at radius 1 is 1.28 bits per heavy atom. The van der Waals surface area contributed by atoms with E-state index in [1.807, 2.05) is 0 Å². The Hall–Kier alpha value is -0.860. The van der Waals surface area contributed by atoms with Crippen molar-refractivity contribution in [2.75, 3.05) is 13.2 Å². The van der Waals surface area contributed by atoms with Crippen molar-refractivity contribution in [3.05, 3.63) is 34.4 Å². The lowest BCUT2D eigenvalue weighted by Gasteiger charge is -2.32. The van der Waals surface area contributed by atoms with E-state index in [0.29, 0.717) is 6.54 Å². The first-order chi connectivity index (χ1) is 8.48. The zero-order chi connectivity index (χ0) is 13.3. The van der Waals surface area contributed by atoms with Gasteiger partial charge in [0, 0.05) is 18.6 Å². The zero-order valence-corrected chi connectivity index (χ0v) is 12.0. The highest BCUT2D eigenvalue weighted by Crippen LogP contribution is 2.38. The van der Waals surface area contributed by atoms with Crippen LogP contribution in [-0.4, -0.2) is 19.3 Å². The van der Waals surface area contributed by atoms with Crippen molar-refractivity contribution < 1.29 is 4.74 Å². The van der Waals surface area contributed by atoms with E-state index in [9.17, 15) is 0 Å². The number of rotatable bonds is 3. The smallest absolute Gasteiger partial charge is 0.0619 e. The van der Waals surface area contributed by atoms with Crippen molar-refractivity contribution in [2.24, 2.45) is 11.1 Å². The molecule has 1 fully saturated rings. The third-order valence-electron chi connectivity index (χ3n) is 4.61. The summed E-state index contributed by atoms with van der Waals surface area (Å²) < 4.78 is 5.76. The molecule has 0 bridgehead atoms.